The summed E-state index contributed by atoms with van der Waals surface area (Å²) in [6.07, 6.45) is 3.25. The number of halogens is 1. The maximum absolute atomic E-state index is 13.4. The second-order valence-corrected chi connectivity index (χ2v) is 10.3. The summed E-state index contributed by atoms with van der Waals surface area (Å²) in [7, 11) is 0. The van der Waals surface area contributed by atoms with Crippen LogP contribution >= 0.6 is 11.3 Å². The van der Waals surface area contributed by atoms with E-state index < -0.39 is 11.9 Å². The molecule has 2 aliphatic heterocycles. The van der Waals surface area contributed by atoms with E-state index in [1.165, 1.54) is 19.1 Å². The number of rotatable bonds is 6. The Morgan fingerprint density at radius 1 is 1.23 bits per heavy atom. The fourth-order valence-electron chi connectivity index (χ4n) is 4.85. The minimum absolute atomic E-state index is 0.0113. The number of carbonyl (C=O) groups is 3. The van der Waals surface area contributed by atoms with Gasteiger partial charge in [-0.15, -0.1) is 0 Å². The number of carbonyl (C=O) groups excluding carboxylic acids is 3. The van der Waals surface area contributed by atoms with Gasteiger partial charge in [-0.2, -0.15) is 0 Å². The average Bonchev–Trinajstić information content (AvgIpc) is 3.20. The van der Waals surface area contributed by atoms with Gasteiger partial charge in [-0.25, -0.2) is 14.2 Å². The van der Waals surface area contributed by atoms with Crippen LogP contribution in [0.1, 0.15) is 47.1 Å². The molecule has 1 aromatic heterocycles. The molecule has 0 radical (unpaired) electrons. The molecule has 3 heterocycles. The van der Waals surface area contributed by atoms with E-state index in [0.717, 1.165) is 36.2 Å². The molecule has 10 heteroatoms. The van der Waals surface area contributed by atoms with Crippen molar-refractivity contribution >= 4 is 34.2 Å². The summed E-state index contributed by atoms with van der Waals surface area (Å²) in [6.45, 7) is 5.23. The predicted octanol–water partition coefficient (Wildman–Crippen LogP) is 3.80. The zero-order chi connectivity index (χ0) is 24.9. The number of ketones is 1. The van der Waals surface area contributed by atoms with Crippen molar-refractivity contribution in [3.05, 3.63) is 46.2 Å². The number of hydrogen-bond donors (Lipinski definition) is 2. The third-order valence-corrected chi connectivity index (χ3v) is 7.77. The van der Waals surface area contributed by atoms with Gasteiger partial charge in [0.2, 0.25) is 5.91 Å². The van der Waals surface area contributed by atoms with E-state index in [-0.39, 0.29) is 30.2 Å². The number of thiazole rings is 1. The highest BCUT2D eigenvalue weighted by Crippen LogP contribution is 2.26. The van der Waals surface area contributed by atoms with Crippen molar-refractivity contribution in [2.75, 3.05) is 31.6 Å². The summed E-state index contributed by atoms with van der Waals surface area (Å²) >= 11 is 1.14. The summed E-state index contributed by atoms with van der Waals surface area (Å²) in [6, 6.07) is 5.72. The van der Waals surface area contributed by atoms with E-state index in [1.807, 2.05) is 4.90 Å². The van der Waals surface area contributed by atoms with Crippen molar-refractivity contribution < 1.29 is 23.5 Å². The highest BCUT2D eigenvalue weighted by Gasteiger charge is 2.37. The van der Waals surface area contributed by atoms with Crippen LogP contribution in [0.2, 0.25) is 0 Å². The molecule has 2 fully saturated rings. The zero-order valence-electron chi connectivity index (χ0n) is 20.0. The molecule has 0 aliphatic carbocycles. The number of likely N-dealkylation sites (tertiary alicyclic amines) is 1. The average molecular weight is 503 g/mol. The van der Waals surface area contributed by atoms with Gasteiger partial charge in [-0.3, -0.25) is 14.9 Å². The first-order valence-corrected chi connectivity index (χ1v) is 12.8. The number of benzene rings is 1. The molecule has 2 aromatic rings. The van der Waals surface area contributed by atoms with E-state index in [0.29, 0.717) is 47.7 Å². The smallest absolute Gasteiger partial charge is 0.321 e. The van der Waals surface area contributed by atoms with Crippen LogP contribution in [-0.2, 0) is 16.0 Å². The maximum atomic E-state index is 13.4. The fourth-order valence-corrected chi connectivity index (χ4v) is 5.71. The van der Waals surface area contributed by atoms with Gasteiger partial charge in [0.05, 0.1) is 23.1 Å². The third-order valence-electron chi connectivity index (χ3n) is 6.60. The van der Waals surface area contributed by atoms with Gasteiger partial charge in [-0.05, 0) is 56.2 Å². The van der Waals surface area contributed by atoms with Crippen molar-refractivity contribution in [1.82, 2.24) is 15.2 Å². The monoisotopic (exact) mass is 502 g/mol. The Morgan fingerprint density at radius 2 is 2.00 bits per heavy atom. The molecule has 2 aliphatic rings. The van der Waals surface area contributed by atoms with Crippen LogP contribution in [0.3, 0.4) is 0 Å². The van der Waals surface area contributed by atoms with E-state index >= 15 is 0 Å². The number of hydrogen-bond acceptors (Lipinski definition) is 6. The van der Waals surface area contributed by atoms with Crippen LogP contribution in [0, 0.1) is 24.6 Å². The number of anilines is 1. The van der Waals surface area contributed by atoms with Crippen molar-refractivity contribution in [2.24, 2.45) is 11.8 Å². The number of amides is 3. The molecule has 0 bridgehead atoms. The highest BCUT2D eigenvalue weighted by atomic mass is 32.1. The molecule has 0 saturated carbocycles. The number of nitrogens with one attached hydrogen (secondary N) is 2. The van der Waals surface area contributed by atoms with Gasteiger partial charge >= 0.3 is 6.03 Å². The Morgan fingerprint density at radius 3 is 2.71 bits per heavy atom. The molecule has 2 N–H and O–H groups in total. The Labute approximate surface area is 208 Å². The van der Waals surface area contributed by atoms with Crippen LogP contribution in [0.25, 0.3) is 0 Å². The maximum Gasteiger partial charge on any atom is 0.321 e. The lowest BCUT2D eigenvalue weighted by atomic mass is 9.89. The number of aryl methyl sites for hydroxylation is 1. The molecule has 188 valence electrons. The van der Waals surface area contributed by atoms with Crippen molar-refractivity contribution in [1.29, 1.82) is 0 Å². The van der Waals surface area contributed by atoms with Gasteiger partial charge < -0.3 is 15.0 Å². The largest absolute Gasteiger partial charge is 0.380 e. The van der Waals surface area contributed by atoms with Gasteiger partial charge in [-0.1, -0.05) is 23.5 Å². The van der Waals surface area contributed by atoms with Gasteiger partial charge in [0.15, 0.2) is 10.9 Å². The standard InChI is InChI=1S/C25H31FN4O4S/c1-15-22(16(2)31)35-25(27-15)29-24(33)28-21-9-11-34-14-20(21)23(32)30-10-3-4-18(13-30)12-17-5-7-19(26)8-6-17/h5-8,18,20-21H,3-4,9-14H2,1-2H3,(H2,27,28,29,33)/t18?,20-,21+/m0/s1. The lowest BCUT2D eigenvalue weighted by molar-refractivity contribution is -0.142. The minimum Gasteiger partial charge on any atom is -0.380 e. The predicted molar refractivity (Wildman–Crippen MR) is 131 cm³/mol. The first kappa shape index (κ1) is 25.2. The summed E-state index contributed by atoms with van der Waals surface area (Å²) in [4.78, 5) is 44.4. The molecule has 3 amide bonds. The summed E-state index contributed by atoms with van der Waals surface area (Å²) < 4.78 is 18.8. The molecular formula is C25H31FN4O4S. The summed E-state index contributed by atoms with van der Waals surface area (Å²) in [5, 5.41) is 5.96. The molecule has 0 spiro atoms. The topological polar surface area (TPSA) is 101 Å². The van der Waals surface area contributed by atoms with Gasteiger partial charge in [0.1, 0.15) is 5.82 Å². The Balaban J connectivity index is 1.36. The van der Waals surface area contributed by atoms with Crippen LogP contribution in [0.4, 0.5) is 14.3 Å². The van der Waals surface area contributed by atoms with E-state index in [9.17, 15) is 18.8 Å². The minimum atomic E-state index is -0.468. The summed E-state index contributed by atoms with van der Waals surface area (Å²) in [5.41, 5.74) is 1.64. The Kier molecular flexibility index (Phi) is 8.12. The highest BCUT2D eigenvalue weighted by molar-refractivity contribution is 7.17. The van der Waals surface area contributed by atoms with E-state index in [1.54, 1.807) is 19.1 Å². The quantitative estimate of drug-likeness (QED) is 0.586. The second kappa shape index (κ2) is 11.3. The molecule has 1 unspecified atom stereocenters. The van der Waals surface area contributed by atoms with E-state index in [2.05, 4.69) is 15.6 Å². The molecule has 1 aromatic carbocycles. The molecular weight excluding hydrogens is 471 g/mol. The third kappa shape index (κ3) is 6.43. The fraction of sp³-hybridized carbons (Fsp3) is 0.520. The first-order valence-electron chi connectivity index (χ1n) is 12.0. The Hall–Kier alpha value is -2.85. The van der Waals surface area contributed by atoms with Crippen LogP contribution in [0.15, 0.2) is 24.3 Å². The zero-order valence-corrected chi connectivity index (χ0v) is 20.8. The molecule has 8 nitrogen and oxygen atoms in total. The SMILES string of the molecule is CC(=O)c1sc(NC(=O)N[C@@H]2CCOC[C@@H]2C(=O)N2CCCC(Cc3ccc(F)cc3)C2)nc1C. The molecule has 2 saturated heterocycles. The number of urea groups is 1. The van der Waals surface area contributed by atoms with Crippen molar-refractivity contribution in [3.8, 4) is 0 Å². The number of aromatic nitrogens is 1. The van der Waals surface area contributed by atoms with Gasteiger partial charge in [0.25, 0.3) is 0 Å². The molecule has 3 atom stereocenters. The van der Waals surface area contributed by atoms with Crippen molar-refractivity contribution in [3.63, 3.8) is 0 Å². The molecule has 35 heavy (non-hydrogen) atoms. The molecule has 4 rings (SSSR count). The summed E-state index contributed by atoms with van der Waals surface area (Å²) in [5.74, 6) is -0.519. The lowest BCUT2D eigenvalue weighted by Crippen LogP contribution is -2.54. The number of ether oxygens (including phenoxy) is 1. The number of Topliss-reactive ketones (excluding diaryl/α,β-unsaturated/α-hetero) is 1. The second-order valence-electron chi connectivity index (χ2n) is 9.29. The van der Waals surface area contributed by atoms with Crippen LogP contribution < -0.4 is 10.6 Å². The van der Waals surface area contributed by atoms with Crippen LogP contribution in [-0.4, -0.2) is 60.0 Å². The lowest BCUT2D eigenvalue weighted by Gasteiger charge is -2.38. The first-order chi connectivity index (χ1) is 16.8. The normalized spacial score (nSPS) is 22.5. The van der Waals surface area contributed by atoms with E-state index in [4.69, 9.17) is 4.74 Å². The van der Waals surface area contributed by atoms with Gasteiger partial charge in [0, 0.05) is 32.7 Å². The number of piperidine rings is 1. The van der Waals surface area contributed by atoms with Crippen molar-refractivity contribution in [2.45, 2.75) is 45.6 Å². The Bertz CT molecular complexity index is 1070. The number of nitrogens with zero attached hydrogens (tertiary/aromatic N) is 2. The van der Waals surface area contributed by atoms with Crippen LogP contribution in [0.5, 0.6) is 0 Å².